The van der Waals surface area contributed by atoms with Crippen molar-refractivity contribution in [1.29, 1.82) is 0 Å². The van der Waals surface area contributed by atoms with E-state index in [1.807, 2.05) is 6.92 Å². The molecule has 1 atom stereocenters. The first-order valence-corrected chi connectivity index (χ1v) is 8.98. The van der Waals surface area contributed by atoms with Gasteiger partial charge >= 0.3 is 0 Å². The van der Waals surface area contributed by atoms with Crippen molar-refractivity contribution < 1.29 is 18.8 Å². The van der Waals surface area contributed by atoms with Gasteiger partial charge < -0.3 is 20.0 Å². The minimum absolute atomic E-state index is 0.0627. The highest BCUT2D eigenvalue weighted by molar-refractivity contribution is 5.99. The Morgan fingerprint density at radius 2 is 1.93 bits per heavy atom. The molecule has 142 valence electrons. The van der Waals surface area contributed by atoms with Gasteiger partial charge in [-0.3, -0.25) is 14.4 Å². The molecule has 27 heavy (non-hydrogen) atoms. The summed E-state index contributed by atoms with van der Waals surface area (Å²) in [6, 6.07) is 8.93. The second kappa shape index (κ2) is 8.07. The number of benzene rings is 1. The predicted octanol–water partition coefficient (Wildman–Crippen LogP) is 2.92. The van der Waals surface area contributed by atoms with Crippen LogP contribution in [0, 0.1) is 12.8 Å². The van der Waals surface area contributed by atoms with Crippen LogP contribution in [0.4, 0.5) is 11.4 Å². The van der Waals surface area contributed by atoms with Gasteiger partial charge in [0.15, 0.2) is 0 Å². The molecule has 7 heteroatoms. The van der Waals surface area contributed by atoms with Gasteiger partial charge in [-0.1, -0.05) is 13.0 Å². The van der Waals surface area contributed by atoms with Crippen LogP contribution < -0.4 is 10.6 Å². The van der Waals surface area contributed by atoms with E-state index < -0.39 is 5.92 Å². The number of anilines is 2. The first-order chi connectivity index (χ1) is 13.0. The van der Waals surface area contributed by atoms with E-state index in [-0.39, 0.29) is 24.1 Å². The van der Waals surface area contributed by atoms with E-state index in [1.54, 1.807) is 48.4 Å². The fourth-order valence-corrected chi connectivity index (χ4v) is 3.07. The fourth-order valence-electron chi connectivity index (χ4n) is 3.07. The van der Waals surface area contributed by atoms with E-state index in [0.29, 0.717) is 36.6 Å². The number of amides is 3. The summed E-state index contributed by atoms with van der Waals surface area (Å²) in [4.78, 5) is 38.1. The second-order valence-electron chi connectivity index (χ2n) is 6.62. The Hall–Kier alpha value is -3.09. The number of rotatable bonds is 6. The first kappa shape index (κ1) is 18.7. The summed E-state index contributed by atoms with van der Waals surface area (Å²) in [7, 11) is 0. The summed E-state index contributed by atoms with van der Waals surface area (Å²) in [5.74, 6) is -0.0727. The lowest BCUT2D eigenvalue weighted by Crippen LogP contribution is -2.28. The minimum Gasteiger partial charge on any atom is -0.467 e. The third-order valence-corrected chi connectivity index (χ3v) is 4.70. The van der Waals surface area contributed by atoms with E-state index in [9.17, 15) is 14.4 Å². The molecule has 1 saturated heterocycles. The Labute approximate surface area is 157 Å². The highest BCUT2D eigenvalue weighted by atomic mass is 16.3. The first-order valence-electron chi connectivity index (χ1n) is 8.98. The van der Waals surface area contributed by atoms with E-state index in [0.717, 1.165) is 5.56 Å². The zero-order valence-electron chi connectivity index (χ0n) is 15.5. The smallest absolute Gasteiger partial charge is 0.229 e. The number of hydrogen-bond acceptors (Lipinski definition) is 4. The molecule has 1 aliphatic heterocycles. The SMILES string of the molecule is CCC(=O)Nc1cccc(NC(=O)[C@@H]2CC(=O)N(Cc3ccco3)C2)c1C. The lowest BCUT2D eigenvalue weighted by molar-refractivity contribution is -0.128. The van der Waals surface area contributed by atoms with Crippen LogP contribution in [0.5, 0.6) is 0 Å². The molecule has 0 unspecified atom stereocenters. The molecule has 3 rings (SSSR count). The molecule has 3 amide bonds. The van der Waals surface area contributed by atoms with Crippen LogP contribution in [-0.4, -0.2) is 29.2 Å². The van der Waals surface area contributed by atoms with Gasteiger partial charge in [-0.15, -0.1) is 0 Å². The van der Waals surface area contributed by atoms with Gasteiger partial charge in [-0.25, -0.2) is 0 Å². The summed E-state index contributed by atoms with van der Waals surface area (Å²) in [5, 5.41) is 5.71. The molecule has 1 aromatic carbocycles. The number of nitrogens with zero attached hydrogens (tertiary/aromatic N) is 1. The third kappa shape index (κ3) is 4.36. The number of hydrogen-bond donors (Lipinski definition) is 2. The number of nitrogens with one attached hydrogen (secondary N) is 2. The monoisotopic (exact) mass is 369 g/mol. The summed E-state index contributed by atoms with van der Waals surface area (Å²) in [5.41, 5.74) is 2.08. The van der Waals surface area contributed by atoms with Crippen molar-refractivity contribution in [2.75, 3.05) is 17.2 Å². The molecule has 2 heterocycles. The summed E-state index contributed by atoms with van der Waals surface area (Å²) in [6.45, 7) is 4.34. The molecular weight excluding hydrogens is 346 g/mol. The highest BCUT2D eigenvalue weighted by Crippen LogP contribution is 2.26. The van der Waals surface area contributed by atoms with Gasteiger partial charge in [-0.2, -0.15) is 0 Å². The van der Waals surface area contributed by atoms with Crippen LogP contribution >= 0.6 is 0 Å². The molecule has 7 nitrogen and oxygen atoms in total. The highest BCUT2D eigenvalue weighted by Gasteiger charge is 2.34. The number of carbonyl (C=O) groups is 3. The number of carbonyl (C=O) groups excluding carboxylic acids is 3. The molecule has 0 radical (unpaired) electrons. The van der Waals surface area contributed by atoms with Crippen molar-refractivity contribution in [3.05, 3.63) is 47.9 Å². The lowest BCUT2D eigenvalue weighted by Gasteiger charge is -2.16. The molecule has 0 spiro atoms. The zero-order chi connectivity index (χ0) is 19.4. The van der Waals surface area contributed by atoms with Crippen molar-refractivity contribution in [3.63, 3.8) is 0 Å². The van der Waals surface area contributed by atoms with E-state index in [1.165, 1.54) is 0 Å². The quantitative estimate of drug-likeness (QED) is 0.819. The number of likely N-dealkylation sites (tertiary alicyclic amines) is 1. The van der Waals surface area contributed by atoms with Gasteiger partial charge in [0.25, 0.3) is 0 Å². The zero-order valence-corrected chi connectivity index (χ0v) is 15.5. The van der Waals surface area contributed by atoms with Crippen molar-refractivity contribution in [1.82, 2.24) is 4.90 Å². The Balaban J connectivity index is 1.64. The molecule has 0 aliphatic carbocycles. The Morgan fingerprint density at radius 1 is 1.19 bits per heavy atom. The molecule has 2 N–H and O–H groups in total. The average Bonchev–Trinajstić information content (AvgIpc) is 3.29. The van der Waals surface area contributed by atoms with Crippen molar-refractivity contribution >= 4 is 29.1 Å². The van der Waals surface area contributed by atoms with Gasteiger partial charge in [0.05, 0.1) is 18.7 Å². The summed E-state index contributed by atoms with van der Waals surface area (Å²) >= 11 is 0. The van der Waals surface area contributed by atoms with Gasteiger partial charge in [0, 0.05) is 30.8 Å². The topological polar surface area (TPSA) is 91.7 Å². The molecule has 1 aliphatic rings. The molecule has 1 aromatic heterocycles. The van der Waals surface area contributed by atoms with Crippen LogP contribution in [0.2, 0.25) is 0 Å². The molecule has 0 saturated carbocycles. The van der Waals surface area contributed by atoms with Crippen molar-refractivity contribution in [2.24, 2.45) is 5.92 Å². The third-order valence-electron chi connectivity index (χ3n) is 4.70. The summed E-state index contributed by atoms with van der Waals surface area (Å²) < 4.78 is 5.28. The predicted molar refractivity (Wildman–Crippen MR) is 101 cm³/mol. The van der Waals surface area contributed by atoms with Gasteiger partial charge in [0.1, 0.15) is 5.76 Å². The average molecular weight is 369 g/mol. The molecular formula is C20H23N3O4. The van der Waals surface area contributed by atoms with Crippen molar-refractivity contribution in [2.45, 2.75) is 33.2 Å². The van der Waals surface area contributed by atoms with Crippen molar-refractivity contribution in [3.8, 4) is 0 Å². The Kier molecular flexibility index (Phi) is 5.59. The fraction of sp³-hybridized carbons (Fsp3) is 0.350. The Morgan fingerprint density at radius 3 is 2.59 bits per heavy atom. The van der Waals surface area contributed by atoms with Gasteiger partial charge in [0.2, 0.25) is 17.7 Å². The maximum Gasteiger partial charge on any atom is 0.229 e. The van der Waals surface area contributed by atoms with E-state index in [2.05, 4.69) is 10.6 Å². The molecule has 1 fully saturated rings. The largest absolute Gasteiger partial charge is 0.467 e. The second-order valence-corrected chi connectivity index (χ2v) is 6.62. The summed E-state index contributed by atoms with van der Waals surface area (Å²) in [6.07, 6.45) is 2.12. The van der Waals surface area contributed by atoms with Crippen LogP contribution in [-0.2, 0) is 20.9 Å². The van der Waals surface area contributed by atoms with Crippen LogP contribution in [0.1, 0.15) is 31.1 Å². The maximum absolute atomic E-state index is 12.6. The lowest BCUT2D eigenvalue weighted by atomic mass is 10.1. The standard InChI is InChI=1S/C20H23N3O4/c1-3-18(24)21-16-7-4-8-17(13(16)2)22-20(26)14-10-19(25)23(11-14)12-15-6-5-9-27-15/h4-9,14H,3,10-12H2,1-2H3,(H,21,24)(H,22,26)/t14-/m1/s1. The van der Waals surface area contributed by atoms with Gasteiger partial charge in [-0.05, 0) is 36.8 Å². The van der Waals surface area contributed by atoms with Crippen LogP contribution in [0.15, 0.2) is 41.0 Å². The maximum atomic E-state index is 12.6. The number of furan rings is 1. The van der Waals surface area contributed by atoms with E-state index in [4.69, 9.17) is 4.42 Å². The Bertz CT molecular complexity index is 845. The van der Waals surface area contributed by atoms with E-state index >= 15 is 0 Å². The minimum atomic E-state index is -0.416. The molecule has 0 bridgehead atoms. The normalized spacial score (nSPS) is 16.4. The van der Waals surface area contributed by atoms with Crippen LogP contribution in [0.3, 0.4) is 0 Å². The van der Waals surface area contributed by atoms with Crippen LogP contribution in [0.25, 0.3) is 0 Å². The molecule has 2 aromatic rings.